The van der Waals surface area contributed by atoms with E-state index in [0.717, 1.165) is 17.9 Å². The van der Waals surface area contributed by atoms with Gasteiger partial charge in [-0.2, -0.15) is 0 Å². The molecule has 2 nitrogen and oxygen atoms in total. The number of anilines is 2. The number of unbranched alkanes of at least 4 members (excludes halogenated alkanes) is 1. The van der Waals surface area contributed by atoms with Crippen LogP contribution in [-0.2, 0) is 0 Å². The molecule has 0 aromatic heterocycles. The smallest absolute Gasteiger partial charge is 0.0574 e. The SMILES string of the molecule is CCCCNc1ccc(C)cc1N. The predicted octanol–water partition coefficient (Wildman–Crippen LogP) is 2.79. The van der Waals surface area contributed by atoms with Crippen molar-refractivity contribution in [2.75, 3.05) is 17.6 Å². The number of nitrogen functional groups attached to an aromatic ring is 1. The van der Waals surface area contributed by atoms with Crippen LogP contribution in [0.25, 0.3) is 0 Å². The van der Waals surface area contributed by atoms with Gasteiger partial charge in [0, 0.05) is 6.54 Å². The Hall–Kier alpha value is -1.18. The van der Waals surface area contributed by atoms with E-state index in [9.17, 15) is 0 Å². The summed E-state index contributed by atoms with van der Waals surface area (Å²) in [7, 11) is 0. The van der Waals surface area contributed by atoms with Crippen LogP contribution < -0.4 is 11.1 Å². The zero-order chi connectivity index (χ0) is 9.68. The van der Waals surface area contributed by atoms with Gasteiger partial charge in [-0.05, 0) is 31.0 Å². The first kappa shape index (κ1) is 9.90. The van der Waals surface area contributed by atoms with Crippen LogP contribution in [0.15, 0.2) is 18.2 Å². The molecule has 0 radical (unpaired) electrons. The van der Waals surface area contributed by atoms with E-state index < -0.39 is 0 Å². The molecule has 0 bridgehead atoms. The molecule has 1 rings (SSSR count). The maximum atomic E-state index is 5.84. The molecule has 0 aliphatic heterocycles. The Balaban J connectivity index is 2.56. The molecule has 1 aromatic carbocycles. The van der Waals surface area contributed by atoms with E-state index in [1.807, 2.05) is 19.1 Å². The molecule has 72 valence electrons. The highest BCUT2D eigenvalue weighted by atomic mass is 14.9. The number of hydrogen-bond acceptors (Lipinski definition) is 2. The van der Waals surface area contributed by atoms with Crippen LogP contribution in [0.5, 0.6) is 0 Å². The van der Waals surface area contributed by atoms with Crippen molar-refractivity contribution >= 4 is 11.4 Å². The standard InChI is InChI=1S/C11H18N2/c1-3-4-7-13-11-6-5-9(2)8-10(11)12/h5-6,8,13H,3-4,7,12H2,1-2H3. The van der Waals surface area contributed by atoms with Gasteiger partial charge in [0.25, 0.3) is 0 Å². The summed E-state index contributed by atoms with van der Waals surface area (Å²) in [5.41, 5.74) is 8.95. The molecular formula is C11H18N2. The fourth-order valence-corrected chi connectivity index (χ4v) is 1.24. The molecule has 0 spiro atoms. The van der Waals surface area contributed by atoms with Crippen LogP contribution in [0.4, 0.5) is 11.4 Å². The second kappa shape index (κ2) is 4.75. The van der Waals surface area contributed by atoms with Crippen molar-refractivity contribution in [3.63, 3.8) is 0 Å². The van der Waals surface area contributed by atoms with Gasteiger partial charge in [0.1, 0.15) is 0 Å². The van der Waals surface area contributed by atoms with Crippen molar-refractivity contribution in [3.05, 3.63) is 23.8 Å². The van der Waals surface area contributed by atoms with E-state index in [4.69, 9.17) is 5.73 Å². The number of rotatable bonds is 4. The monoisotopic (exact) mass is 178 g/mol. The fraction of sp³-hybridized carbons (Fsp3) is 0.455. The molecule has 0 aliphatic rings. The van der Waals surface area contributed by atoms with E-state index >= 15 is 0 Å². The summed E-state index contributed by atoms with van der Waals surface area (Å²) < 4.78 is 0. The maximum Gasteiger partial charge on any atom is 0.0574 e. The van der Waals surface area contributed by atoms with Gasteiger partial charge in [-0.25, -0.2) is 0 Å². The van der Waals surface area contributed by atoms with Crippen LogP contribution in [0, 0.1) is 6.92 Å². The van der Waals surface area contributed by atoms with Gasteiger partial charge in [0.05, 0.1) is 11.4 Å². The molecule has 0 amide bonds. The molecule has 13 heavy (non-hydrogen) atoms. The molecule has 2 heteroatoms. The summed E-state index contributed by atoms with van der Waals surface area (Å²) in [6, 6.07) is 6.11. The molecule has 0 saturated carbocycles. The molecule has 3 N–H and O–H groups in total. The van der Waals surface area contributed by atoms with E-state index in [2.05, 4.69) is 18.3 Å². The normalized spacial score (nSPS) is 10.0. The summed E-state index contributed by atoms with van der Waals surface area (Å²) in [5, 5.41) is 3.32. The minimum Gasteiger partial charge on any atom is -0.397 e. The van der Waals surface area contributed by atoms with Gasteiger partial charge in [-0.3, -0.25) is 0 Å². The van der Waals surface area contributed by atoms with Gasteiger partial charge in [0.2, 0.25) is 0 Å². The molecule has 0 atom stereocenters. The minimum absolute atomic E-state index is 0.844. The van der Waals surface area contributed by atoms with E-state index in [0.29, 0.717) is 0 Å². The molecule has 0 unspecified atom stereocenters. The first-order valence-corrected chi connectivity index (χ1v) is 4.84. The molecule has 1 aromatic rings. The van der Waals surface area contributed by atoms with E-state index in [1.54, 1.807) is 0 Å². The number of benzene rings is 1. The number of nitrogens with two attached hydrogens (primary N) is 1. The van der Waals surface area contributed by atoms with Gasteiger partial charge < -0.3 is 11.1 Å². The highest BCUT2D eigenvalue weighted by molar-refractivity contribution is 5.66. The molecule has 0 aliphatic carbocycles. The van der Waals surface area contributed by atoms with Gasteiger partial charge >= 0.3 is 0 Å². The lowest BCUT2D eigenvalue weighted by atomic mass is 10.2. The van der Waals surface area contributed by atoms with Crippen molar-refractivity contribution in [3.8, 4) is 0 Å². The van der Waals surface area contributed by atoms with Gasteiger partial charge in [-0.15, -0.1) is 0 Å². The first-order chi connectivity index (χ1) is 6.24. The lowest BCUT2D eigenvalue weighted by Crippen LogP contribution is -2.03. The van der Waals surface area contributed by atoms with Gasteiger partial charge in [-0.1, -0.05) is 19.4 Å². The summed E-state index contributed by atoms with van der Waals surface area (Å²) in [4.78, 5) is 0. The molecular weight excluding hydrogens is 160 g/mol. The Morgan fingerprint density at radius 1 is 1.38 bits per heavy atom. The second-order valence-electron chi connectivity index (χ2n) is 3.37. The number of nitrogens with one attached hydrogen (secondary N) is 1. The number of aryl methyl sites for hydroxylation is 1. The Morgan fingerprint density at radius 2 is 2.15 bits per heavy atom. The highest BCUT2D eigenvalue weighted by Gasteiger charge is 1.96. The van der Waals surface area contributed by atoms with Crippen LogP contribution >= 0.6 is 0 Å². The average Bonchev–Trinajstić information content (AvgIpc) is 2.09. The van der Waals surface area contributed by atoms with Crippen LogP contribution in [0.3, 0.4) is 0 Å². The third kappa shape index (κ3) is 2.98. The largest absolute Gasteiger partial charge is 0.397 e. The summed E-state index contributed by atoms with van der Waals surface area (Å²) in [6.45, 7) is 5.23. The van der Waals surface area contributed by atoms with Crippen molar-refractivity contribution < 1.29 is 0 Å². The van der Waals surface area contributed by atoms with Crippen molar-refractivity contribution in [2.45, 2.75) is 26.7 Å². The summed E-state index contributed by atoms with van der Waals surface area (Å²) in [5.74, 6) is 0. The van der Waals surface area contributed by atoms with E-state index in [-0.39, 0.29) is 0 Å². The quantitative estimate of drug-likeness (QED) is 0.549. The number of hydrogen-bond donors (Lipinski definition) is 2. The van der Waals surface area contributed by atoms with Crippen LogP contribution in [0.1, 0.15) is 25.3 Å². The van der Waals surface area contributed by atoms with Gasteiger partial charge in [0.15, 0.2) is 0 Å². The van der Waals surface area contributed by atoms with Crippen molar-refractivity contribution in [1.82, 2.24) is 0 Å². The maximum absolute atomic E-state index is 5.84. The minimum atomic E-state index is 0.844. The Morgan fingerprint density at radius 3 is 2.77 bits per heavy atom. The molecule has 0 heterocycles. The van der Waals surface area contributed by atoms with E-state index in [1.165, 1.54) is 18.4 Å². The fourth-order valence-electron chi connectivity index (χ4n) is 1.24. The molecule has 0 saturated heterocycles. The highest BCUT2D eigenvalue weighted by Crippen LogP contribution is 2.19. The zero-order valence-corrected chi connectivity index (χ0v) is 8.43. The third-order valence-corrected chi connectivity index (χ3v) is 2.05. The predicted molar refractivity (Wildman–Crippen MR) is 59.0 cm³/mol. The lowest BCUT2D eigenvalue weighted by Gasteiger charge is -2.08. The Kier molecular flexibility index (Phi) is 3.62. The van der Waals surface area contributed by atoms with Crippen molar-refractivity contribution in [2.24, 2.45) is 0 Å². The average molecular weight is 178 g/mol. The summed E-state index contributed by atoms with van der Waals surface area (Å²) >= 11 is 0. The Bertz CT molecular complexity index is 269. The van der Waals surface area contributed by atoms with Crippen LogP contribution in [-0.4, -0.2) is 6.54 Å². The summed E-state index contributed by atoms with van der Waals surface area (Å²) in [6.07, 6.45) is 2.39. The molecule has 0 fully saturated rings. The second-order valence-corrected chi connectivity index (χ2v) is 3.37. The topological polar surface area (TPSA) is 38.0 Å². The van der Waals surface area contributed by atoms with Crippen molar-refractivity contribution in [1.29, 1.82) is 0 Å². The lowest BCUT2D eigenvalue weighted by molar-refractivity contribution is 0.834. The zero-order valence-electron chi connectivity index (χ0n) is 8.43. The first-order valence-electron chi connectivity index (χ1n) is 4.84. The third-order valence-electron chi connectivity index (χ3n) is 2.05. The Labute approximate surface area is 80.1 Å². The van der Waals surface area contributed by atoms with Crippen LogP contribution in [0.2, 0.25) is 0 Å².